The predicted octanol–water partition coefficient (Wildman–Crippen LogP) is 4.60. The number of nitrogens with zero attached hydrogens (tertiary/aromatic N) is 1. The number of carbonyl (C=O) groups is 1. The zero-order valence-electron chi connectivity index (χ0n) is 14.0. The SMILES string of the molecule is COc1ccc(Cl)cc1NC(=O)CCN(C)Cc1c(F)cccc1Cl. The maximum absolute atomic E-state index is 13.8. The van der Waals surface area contributed by atoms with Crippen molar-refractivity contribution in [2.24, 2.45) is 0 Å². The van der Waals surface area contributed by atoms with Crippen LogP contribution in [0.5, 0.6) is 5.75 Å². The molecule has 0 aliphatic carbocycles. The lowest BCUT2D eigenvalue weighted by atomic mass is 10.2. The van der Waals surface area contributed by atoms with Crippen molar-refractivity contribution < 1.29 is 13.9 Å². The number of hydrogen-bond acceptors (Lipinski definition) is 3. The summed E-state index contributed by atoms with van der Waals surface area (Å²) in [6.07, 6.45) is 0.234. The molecule has 1 amide bonds. The summed E-state index contributed by atoms with van der Waals surface area (Å²) >= 11 is 12.0. The topological polar surface area (TPSA) is 41.6 Å². The molecule has 0 saturated carbocycles. The minimum absolute atomic E-state index is 0.188. The van der Waals surface area contributed by atoms with E-state index in [-0.39, 0.29) is 18.1 Å². The molecule has 0 unspecified atom stereocenters. The largest absolute Gasteiger partial charge is 0.495 e. The molecule has 0 aromatic heterocycles. The van der Waals surface area contributed by atoms with Crippen LogP contribution in [0.4, 0.5) is 10.1 Å². The van der Waals surface area contributed by atoms with Crippen LogP contribution in [0.1, 0.15) is 12.0 Å². The molecular formula is C18H19Cl2FN2O2. The van der Waals surface area contributed by atoms with E-state index in [1.165, 1.54) is 13.2 Å². The highest BCUT2D eigenvalue weighted by molar-refractivity contribution is 6.31. The third kappa shape index (κ3) is 5.59. The minimum Gasteiger partial charge on any atom is -0.495 e. The number of nitrogens with one attached hydrogen (secondary N) is 1. The van der Waals surface area contributed by atoms with E-state index in [2.05, 4.69) is 5.32 Å². The lowest BCUT2D eigenvalue weighted by molar-refractivity contribution is -0.116. The Labute approximate surface area is 156 Å². The van der Waals surface area contributed by atoms with Crippen molar-refractivity contribution in [3.63, 3.8) is 0 Å². The molecule has 0 aliphatic rings. The molecule has 0 atom stereocenters. The first-order valence-electron chi connectivity index (χ1n) is 7.65. The highest BCUT2D eigenvalue weighted by Gasteiger charge is 2.12. The first-order chi connectivity index (χ1) is 11.9. The molecule has 0 bridgehead atoms. The lowest BCUT2D eigenvalue weighted by Gasteiger charge is -2.18. The standard InChI is InChI=1S/C18H19Cl2FN2O2/c1-23(11-13-14(20)4-3-5-15(13)21)9-8-18(24)22-16-10-12(19)6-7-17(16)25-2/h3-7,10H,8-9,11H2,1-2H3,(H,22,24). The molecule has 0 heterocycles. The normalized spacial score (nSPS) is 10.8. The summed E-state index contributed by atoms with van der Waals surface area (Å²) in [6.45, 7) is 0.763. The van der Waals surface area contributed by atoms with Crippen molar-refractivity contribution in [3.8, 4) is 5.75 Å². The summed E-state index contributed by atoms with van der Waals surface area (Å²) < 4.78 is 19.0. The third-order valence-corrected chi connectivity index (χ3v) is 4.24. The average molecular weight is 385 g/mol. The van der Waals surface area contributed by atoms with E-state index in [0.717, 1.165) is 0 Å². The van der Waals surface area contributed by atoms with Gasteiger partial charge in [0.15, 0.2) is 0 Å². The molecule has 0 fully saturated rings. The monoisotopic (exact) mass is 384 g/mol. The quantitative estimate of drug-likeness (QED) is 0.757. The van der Waals surface area contributed by atoms with E-state index < -0.39 is 0 Å². The maximum Gasteiger partial charge on any atom is 0.225 e. The fourth-order valence-corrected chi connectivity index (χ4v) is 2.71. The van der Waals surface area contributed by atoms with Gasteiger partial charge in [-0.15, -0.1) is 0 Å². The average Bonchev–Trinajstić information content (AvgIpc) is 2.57. The summed E-state index contributed by atoms with van der Waals surface area (Å²) in [5.74, 6) is -0.0104. The van der Waals surface area contributed by atoms with Gasteiger partial charge in [0.05, 0.1) is 12.8 Å². The van der Waals surface area contributed by atoms with Crippen molar-refractivity contribution in [2.75, 3.05) is 26.0 Å². The summed E-state index contributed by atoms with van der Waals surface area (Å²) in [5, 5.41) is 3.65. The summed E-state index contributed by atoms with van der Waals surface area (Å²) in [7, 11) is 3.32. The zero-order valence-corrected chi connectivity index (χ0v) is 15.5. The van der Waals surface area contributed by atoms with Gasteiger partial charge in [-0.1, -0.05) is 29.3 Å². The second kappa shape index (κ2) is 9.04. The highest BCUT2D eigenvalue weighted by atomic mass is 35.5. The first-order valence-corrected chi connectivity index (χ1v) is 8.41. The van der Waals surface area contributed by atoms with Gasteiger partial charge in [0.2, 0.25) is 5.91 Å². The van der Waals surface area contributed by atoms with Gasteiger partial charge in [-0.05, 0) is 37.4 Å². The van der Waals surface area contributed by atoms with E-state index in [0.29, 0.717) is 40.1 Å². The number of methoxy groups -OCH3 is 1. The molecule has 0 spiro atoms. The zero-order chi connectivity index (χ0) is 18.4. The number of anilines is 1. The number of ether oxygens (including phenoxy) is 1. The molecule has 7 heteroatoms. The van der Waals surface area contributed by atoms with E-state index in [1.54, 1.807) is 37.4 Å². The Morgan fingerprint density at radius 3 is 2.72 bits per heavy atom. The van der Waals surface area contributed by atoms with Crippen molar-refractivity contribution in [1.29, 1.82) is 0 Å². The highest BCUT2D eigenvalue weighted by Crippen LogP contribution is 2.27. The Morgan fingerprint density at radius 1 is 1.28 bits per heavy atom. The van der Waals surface area contributed by atoms with Gasteiger partial charge >= 0.3 is 0 Å². The predicted molar refractivity (Wildman–Crippen MR) is 99.0 cm³/mol. The van der Waals surface area contributed by atoms with E-state index >= 15 is 0 Å². The molecule has 2 aromatic rings. The molecule has 2 aromatic carbocycles. The van der Waals surface area contributed by atoms with Gasteiger partial charge < -0.3 is 15.0 Å². The minimum atomic E-state index is -0.354. The van der Waals surface area contributed by atoms with Gasteiger partial charge in [0, 0.05) is 35.1 Å². The molecule has 1 N–H and O–H groups in total. The van der Waals surface area contributed by atoms with E-state index in [4.69, 9.17) is 27.9 Å². The van der Waals surface area contributed by atoms with Crippen molar-refractivity contribution in [1.82, 2.24) is 4.90 Å². The second-order valence-corrected chi connectivity index (χ2v) is 6.42. The molecule has 4 nitrogen and oxygen atoms in total. The molecule has 0 radical (unpaired) electrons. The molecule has 0 aliphatic heterocycles. The molecule has 134 valence electrons. The number of rotatable bonds is 7. The van der Waals surface area contributed by atoms with Crippen LogP contribution in [0.25, 0.3) is 0 Å². The summed E-state index contributed by atoms with van der Waals surface area (Å²) in [4.78, 5) is 14.0. The van der Waals surface area contributed by atoms with Crippen molar-refractivity contribution in [2.45, 2.75) is 13.0 Å². The Bertz CT molecular complexity index is 736. The fourth-order valence-electron chi connectivity index (χ4n) is 2.32. The number of amides is 1. The van der Waals surface area contributed by atoms with Gasteiger partial charge in [-0.3, -0.25) is 4.79 Å². The number of benzene rings is 2. The van der Waals surface area contributed by atoms with Crippen LogP contribution < -0.4 is 10.1 Å². The lowest BCUT2D eigenvalue weighted by Crippen LogP contribution is -2.24. The molecular weight excluding hydrogens is 366 g/mol. The number of halogens is 3. The van der Waals surface area contributed by atoms with Gasteiger partial charge in [-0.25, -0.2) is 4.39 Å². The molecule has 25 heavy (non-hydrogen) atoms. The van der Waals surface area contributed by atoms with Crippen LogP contribution in [0, 0.1) is 5.82 Å². The fraction of sp³-hybridized carbons (Fsp3) is 0.278. The first kappa shape index (κ1) is 19.5. The van der Waals surface area contributed by atoms with Crippen LogP contribution in [0.2, 0.25) is 10.0 Å². The smallest absolute Gasteiger partial charge is 0.225 e. The van der Waals surface area contributed by atoms with Crippen LogP contribution in [0.15, 0.2) is 36.4 Å². The Hall–Kier alpha value is -1.82. The Morgan fingerprint density at radius 2 is 2.04 bits per heavy atom. The Balaban J connectivity index is 1.91. The molecule has 2 rings (SSSR count). The van der Waals surface area contributed by atoms with Crippen LogP contribution in [-0.4, -0.2) is 31.5 Å². The van der Waals surface area contributed by atoms with Crippen LogP contribution in [-0.2, 0) is 11.3 Å². The van der Waals surface area contributed by atoms with E-state index in [1.807, 2.05) is 4.90 Å². The second-order valence-electron chi connectivity index (χ2n) is 5.58. The van der Waals surface area contributed by atoms with Gasteiger partial charge in [-0.2, -0.15) is 0 Å². The van der Waals surface area contributed by atoms with Crippen LogP contribution in [0.3, 0.4) is 0 Å². The Kier molecular flexibility index (Phi) is 7.05. The number of carbonyl (C=O) groups excluding carboxylic acids is 1. The third-order valence-electron chi connectivity index (χ3n) is 3.65. The van der Waals surface area contributed by atoms with Gasteiger partial charge in [0.1, 0.15) is 11.6 Å². The summed E-state index contributed by atoms with van der Waals surface area (Å²) in [6, 6.07) is 9.57. The maximum atomic E-state index is 13.8. The van der Waals surface area contributed by atoms with Crippen LogP contribution >= 0.6 is 23.2 Å². The van der Waals surface area contributed by atoms with E-state index in [9.17, 15) is 9.18 Å². The number of hydrogen-bond donors (Lipinski definition) is 1. The summed E-state index contributed by atoms with van der Waals surface area (Å²) in [5.41, 5.74) is 0.934. The van der Waals surface area contributed by atoms with Crippen molar-refractivity contribution in [3.05, 3.63) is 57.8 Å². The van der Waals surface area contributed by atoms with Gasteiger partial charge in [0.25, 0.3) is 0 Å². The van der Waals surface area contributed by atoms with Crippen molar-refractivity contribution >= 4 is 34.8 Å². The molecule has 0 saturated heterocycles.